The Balaban J connectivity index is 1.55. The predicted molar refractivity (Wildman–Crippen MR) is 90.1 cm³/mol. The van der Waals surface area contributed by atoms with Gasteiger partial charge in [-0.25, -0.2) is 4.98 Å². The van der Waals surface area contributed by atoms with Gasteiger partial charge in [0.15, 0.2) is 0 Å². The van der Waals surface area contributed by atoms with Crippen LogP contribution >= 0.6 is 0 Å². The maximum atomic E-state index is 13.0. The minimum absolute atomic E-state index is 0.148. The summed E-state index contributed by atoms with van der Waals surface area (Å²) >= 11 is 0. The van der Waals surface area contributed by atoms with Crippen LogP contribution in [0.2, 0.25) is 0 Å². The highest BCUT2D eigenvalue weighted by Crippen LogP contribution is 2.40. The third-order valence-corrected chi connectivity index (χ3v) is 5.43. The third kappa shape index (κ3) is 2.97. The molecule has 1 fully saturated rings. The van der Waals surface area contributed by atoms with Crippen LogP contribution in [0, 0.1) is 5.92 Å². The summed E-state index contributed by atoms with van der Waals surface area (Å²) in [5.41, 5.74) is 0. The van der Waals surface area contributed by atoms with Crippen molar-refractivity contribution in [2.45, 2.75) is 57.7 Å². The summed E-state index contributed by atoms with van der Waals surface area (Å²) in [6.45, 7) is 2.44. The summed E-state index contributed by atoms with van der Waals surface area (Å²) in [7, 11) is 0. The van der Waals surface area contributed by atoms with Crippen molar-refractivity contribution < 1.29 is 4.79 Å². The maximum absolute atomic E-state index is 13.0. The topological polar surface area (TPSA) is 56.0 Å². The van der Waals surface area contributed by atoms with Gasteiger partial charge in [-0.3, -0.25) is 9.48 Å². The Kier molecular flexibility index (Phi) is 4.36. The largest absolute Gasteiger partial charge is 0.333 e. The van der Waals surface area contributed by atoms with Crippen molar-refractivity contribution in [1.82, 2.24) is 24.2 Å². The molecular formula is C18H25N5O. The molecule has 128 valence electrons. The van der Waals surface area contributed by atoms with Crippen molar-refractivity contribution in [2.75, 3.05) is 6.54 Å². The van der Waals surface area contributed by atoms with Gasteiger partial charge < -0.3 is 9.47 Å². The smallest absolute Gasteiger partial charge is 0.225 e. The highest BCUT2D eigenvalue weighted by Gasteiger charge is 2.37. The third-order valence-electron chi connectivity index (χ3n) is 5.43. The molecule has 1 amide bonds. The molecule has 0 radical (unpaired) electrons. The molecule has 6 heteroatoms. The van der Waals surface area contributed by atoms with E-state index in [1.54, 1.807) is 6.20 Å². The van der Waals surface area contributed by atoms with E-state index < -0.39 is 0 Å². The molecule has 0 aromatic carbocycles. The van der Waals surface area contributed by atoms with Crippen LogP contribution in [0.25, 0.3) is 0 Å². The van der Waals surface area contributed by atoms with Gasteiger partial charge >= 0.3 is 0 Å². The van der Waals surface area contributed by atoms with Gasteiger partial charge in [0.05, 0.1) is 6.04 Å². The number of nitrogens with zero attached hydrogens (tertiary/aromatic N) is 5. The minimum atomic E-state index is 0.148. The maximum Gasteiger partial charge on any atom is 0.225 e. The molecule has 1 saturated carbocycles. The van der Waals surface area contributed by atoms with Crippen LogP contribution in [-0.4, -0.2) is 36.7 Å². The van der Waals surface area contributed by atoms with Crippen LogP contribution in [-0.2, 0) is 17.9 Å². The number of carbonyl (C=O) groups is 1. The van der Waals surface area contributed by atoms with E-state index in [4.69, 9.17) is 0 Å². The first-order valence-electron chi connectivity index (χ1n) is 9.11. The highest BCUT2D eigenvalue weighted by molar-refractivity contribution is 5.76. The average Bonchev–Trinajstić information content (AvgIpc) is 3.34. The standard InChI is InChI=1S/C18H25N5O/c24-16(7-13-22-11-3-8-20-22)23-12-4-10-21-14-9-19-18(21)17(23)15-5-1-2-6-15/h3,8-9,11,14-15,17H,1-2,4-7,10,12-13H2. The van der Waals surface area contributed by atoms with Gasteiger partial charge in [0.2, 0.25) is 5.91 Å². The summed E-state index contributed by atoms with van der Waals surface area (Å²) in [5.74, 6) is 1.88. The second kappa shape index (κ2) is 6.79. The minimum Gasteiger partial charge on any atom is -0.333 e. The van der Waals surface area contributed by atoms with Gasteiger partial charge in [-0.2, -0.15) is 5.10 Å². The first kappa shape index (κ1) is 15.4. The molecule has 0 saturated heterocycles. The van der Waals surface area contributed by atoms with Crippen LogP contribution in [0.5, 0.6) is 0 Å². The van der Waals surface area contributed by atoms with Crippen LogP contribution in [0.1, 0.15) is 50.4 Å². The lowest BCUT2D eigenvalue weighted by molar-refractivity contribution is -0.135. The fourth-order valence-electron chi connectivity index (χ4n) is 4.27. The van der Waals surface area contributed by atoms with Crippen LogP contribution < -0.4 is 0 Å². The van der Waals surface area contributed by atoms with E-state index >= 15 is 0 Å². The second-order valence-corrected chi connectivity index (χ2v) is 6.93. The summed E-state index contributed by atoms with van der Waals surface area (Å²) in [6, 6.07) is 2.05. The zero-order chi connectivity index (χ0) is 16.4. The van der Waals surface area contributed by atoms with E-state index in [1.165, 1.54) is 25.7 Å². The lowest BCUT2D eigenvalue weighted by Gasteiger charge is -2.33. The Morgan fingerprint density at radius 3 is 2.79 bits per heavy atom. The Bertz CT molecular complexity index is 671. The highest BCUT2D eigenvalue weighted by atomic mass is 16.2. The van der Waals surface area contributed by atoms with Gasteiger partial charge in [-0.1, -0.05) is 12.8 Å². The lowest BCUT2D eigenvalue weighted by atomic mass is 9.95. The molecule has 24 heavy (non-hydrogen) atoms. The normalized spacial score (nSPS) is 21.7. The molecule has 0 N–H and O–H groups in total. The van der Waals surface area contributed by atoms with Gasteiger partial charge in [0, 0.05) is 50.8 Å². The molecule has 2 aliphatic rings. The van der Waals surface area contributed by atoms with Crippen molar-refractivity contribution in [3.8, 4) is 0 Å². The summed E-state index contributed by atoms with van der Waals surface area (Å²) in [6.07, 6.45) is 14.1. The number of hydrogen-bond donors (Lipinski definition) is 0. The van der Waals surface area contributed by atoms with Crippen molar-refractivity contribution in [3.05, 3.63) is 36.7 Å². The van der Waals surface area contributed by atoms with Crippen LogP contribution in [0.3, 0.4) is 0 Å². The van der Waals surface area contributed by atoms with E-state index in [0.29, 0.717) is 18.9 Å². The summed E-state index contributed by atoms with van der Waals surface area (Å²) < 4.78 is 4.09. The SMILES string of the molecule is O=C(CCn1cccn1)N1CCCn2ccnc2C1C1CCCC1. The number of amides is 1. The zero-order valence-corrected chi connectivity index (χ0v) is 14.0. The zero-order valence-electron chi connectivity index (χ0n) is 14.0. The number of fused-ring (bicyclic) bond motifs is 1. The van der Waals surface area contributed by atoms with E-state index in [9.17, 15) is 4.79 Å². The first-order valence-corrected chi connectivity index (χ1v) is 9.11. The van der Waals surface area contributed by atoms with Crippen LogP contribution in [0.4, 0.5) is 0 Å². The predicted octanol–water partition coefficient (Wildman–Crippen LogP) is 2.63. The lowest BCUT2D eigenvalue weighted by Crippen LogP contribution is -2.39. The Morgan fingerprint density at radius 1 is 1.12 bits per heavy atom. The summed E-state index contributed by atoms with van der Waals surface area (Å²) in [5, 5.41) is 4.21. The number of imidazole rings is 1. The van der Waals surface area contributed by atoms with Gasteiger partial charge in [-0.15, -0.1) is 0 Å². The first-order chi connectivity index (χ1) is 11.8. The van der Waals surface area contributed by atoms with Crippen molar-refractivity contribution in [1.29, 1.82) is 0 Å². The Hall–Kier alpha value is -2.11. The Morgan fingerprint density at radius 2 is 2.00 bits per heavy atom. The average molecular weight is 327 g/mol. The number of aromatic nitrogens is 4. The van der Waals surface area contributed by atoms with Gasteiger partial charge in [-0.05, 0) is 31.2 Å². The monoisotopic (exact) mass is 327 g/mol. The van der Waals surface area contributed by atoms with Crippen molar-refractivity contribution >= 4 is 5.91 Å². The Labute approximate surface area is 142 Å². The molecule has 0 bridgehead atoms. The molecule has 3 heterocycles. The van der Waals surface area contributed by atoms with Crippen molar-refractivity contribution in [3.63, 3.8) is 0 Å². The molecule has 1 atom stereocenters. The molecular weight excluding hydrogens is 302 g/mol. The molecule has 1 aliphatic heterocycles. The molecule has 1 unspecified atom stereocenters. The quantitative estimate of drug-likeness (QED) is 0.867. The number of carbonyl (C=O) groups excluding carboxylic acids is 1. The van der Waals surface area contributed by atoms with E-state index in [1.807, 2.05) is 23.1 Å². The van der Waals surface area contributed by atoms with Crippen LogP contribution in [0.15, 0.2) is 30.9 Å². The fourth-order valence-corrected chi connectivity index (χ4v) is 4.27. The molecule has 0 spiro atoms. The van der Waals surface area contributed by atoms with E-state index in [0.717, 1.165) is 25.3 Å². The number of aryl methyl sites for hydroxylation is 2. The molecule has 2 aromatic rings. The van der Waals surface area contributed by atoms with Gasteiger partial charge in [0.1, 0.15) is 5.82 Å². The van der Waals surface area contributed by atoms with Gasteiger partial charge in [0.25, 0.3) is 0 Å². The molecule has 6 nitrogen and oxygen atoms in total. The molecule has 1 aliphatic carbocycles. The molecule has 2 aromatic heterocycles. The van der Waals surface area contributed by atoms with Crippen molar-refractivity contribution in [2.24, 2.45) is 5.92 Å². The van der Waals surface area contributed by atoms with E-state index in [2.05, 4.69) is 25.7 Å². The fraction of sp³-hybridized carbons (Fsp3) is 0.611. The van der Waals surface area contributed by atoms with E-state index in [-0.39, 0.29) is 11.9 Å². The molecule has 4 rings (SSSR count). The number of rotatable bonds is 4. The number of hydrogen-bond acceptors (Lipinski definition) is 3. The second-order valence-electron chi connectivity index (χ2n) is 6.93. The summed E-state index contributed by atoms with van der Waals surface area (Å²) in [4.78, 5) is 19.7.